The molecule has 0 aliphatic heterocycles. The highest BCUT2D eigenvalue weighted by Gasteiger charge is 2.22. The first kappa shape index (κ1) is 19.7. The number of ether oxygens (including phenoxy) is 2. The van der Waals surface area contributed by atoms with Gasteiger partial charge in [-0.25, -0.2) is 4.79 Å². The van der Waals surface area contributed by atoms with Crippen LogP contribution in [-0.2, 0) is 9.47 Å². The normalized spacial score (nSPS) is 12.2. The molecule has 21 heavy (non-hydrogen) atoms. The summed E-state index contributed by atoms with van der Waals surface area (Å²) in [6.07, 6.45) is 9.63. The molecule has 0 aliphatic carbocycles. The van der Waals surface area contributed by atoms with Crippen LogP contribution in [0.4, 0.5) is 4.79 Å². The molecule has 0 saturated carbocycles. The van der Waals surface area contributed by atoms with Crippen LogP contribution >= 0.6 is 0 Å². The van der Waals surface area contributed by atoms with Gasteiger partial charge in [-0.1, -0.05) is 58.9 Å². The van der Waals surface area contributed by atoms with Crippen LogP contribution in [-0.4, -0.2) is 25.5 Å². The van der Waals surface area contributed by atoms with Crippen LogP contribution in [0.2, 0.25) is 0 Å². The maximum absolute atomic E-state index is 11.6. The van der Waals surface area contributed by atoms with E-state index in [2.05, 4.69) is 30.5 Å². The van der Waals surface area contributed by atoms with Crippen molar-refractivity contribution in [2.75, 3.05) is 13.3 Å². The maximum atomic E-state index is 11.6. The van der Waals surface area contributed by atoms with Gasteiger partial charge in [0.05, 0.1) is 0 Å². The van der Waals surface area contributed by atoms with Crippen molar-refractivity contribution in [3.8, 4) is 0 Å². The van der Waals surface area contributed by atoms with E-state index < -0.39 is 6.16 Å². The zero-order valence-electron chi connectivity index (χ0n) is 14.1. The molecule has 0 rings (SSSR count). The molecule has 0 spiro atoms. The van der Waals surface area contributed by atoms with Crippen molar-refractivity contribution in [1.82, 2.24) is 5.32 Å². The Kier molecular flexibility index (Phi) is 11.7. The lowest BCUT2D eigenvalue weighted by atomic mass is 9.96. The smallest absolute Gasteiger partial charge is 0.430 e. The summed E-state index contributed by atoms with van der Waals surface area (Å²) in [5, 5.41) is 3.00. The summed E-state index contributed by atoms with van der Waals surface area (Å²) in [5.74, 6) is 0.564. The summed E-state index contributed by atoms with van der Waals surface area (Å²) in [6.45, 7) is 11.1. The van der Waals surface area contributed by atoms with Crippen molar-refractivity contribution in [1.29, 1.82) is 0 Å². The van der Waals surface area contributed by atoms with Crippen LogP contribution in [0, 0.1) is 11.8 Å². The monoisotopic (exact) mass is 297 g/mol. The van der Waals surface area contributed by atoms with E-state index in [1.165, 1.54) is 0 Å². The Morgan fingerprint density at radius 1 is 1.05 bits per heavy atom. The molecule has 0 aromatic carbocycles. The molecule has 0 aromatic rings. The average molecular weight is 297 g/mol. The van der Waals surface area contributed by atoms with Gasteiger partial charge < -0.3 is 9.47 Å². The minimum atomic E-state index is -0.607. The molecule has 1 N–H and O–H groups in total. The topological polar surface area (TPSA) is 47.6 Å². The molecule has 0 fully saturated rings. The number of nitrogens with one attached hydrogen (secondary N) is 1. The van der Waals surface area contributed by atoms with Gasteiger partial charge in [0.25, 0.3) is 0 Å². The van der Waals surface area contributed by atoms with Crippen LogP contribution in [0.5, 0.6) is 0 Å². The van der Waals surface area contributed by atoms with Crippen molar-refractivity contribution in [2.24, 2.45) is 11.8 Å². The second-order valence-corrected chi connectivity index (χ2v) is 5.65. The summed E-state index contributed by atoms with van der Waals surface area (Å²) in [7, 11) is 0. The lowest BCUT2D eigenvalue weighted by molar-refractivity contribution is -0.0130. The largest absolute Gasteiger partial charge is 0.509 e. The van der Waals surface area contributed by atoms with Crippen molar-refractivity contribution in [3.63, 3.8) is 0 Å². The molecule has 4 nitrogen and oxygen atoms in total. The SMILES string of the molecule is CC/C=C\C/C=C\CNCOC(=O)OC(C(C)C)C(C)C. The third-order valence-corrected chi connectivity index (χ3v) is 2.94. The summed E-state index contributed by atoms with van der Waals surface area (Å²) >= 11 is 0. The fourth-order valence-electron chi connectivity index (χ4n) is 1.96. The van der Waals surface area contributed by atoms with E-state index in [4.69, 9.17) is 9.47 Å². The first-order chi connectivity index (χ1) is 9.99. The Morgan fingerprint density at radius 3 is 2.24 bits per heavy atom. The second kappa shape index (κ2) is 12.5. The second-order valence-electron chi connectivity index (χ2n) is 5.65. The Morgan fingerprint density at radius 2 is 1.67 bits per heavy atom. The Hall–Kier alpha value is -1.29. The molecule has 4 heteroatoms. The van der Waals surface area contributed by atoms with Gasteiger partial charge in [-0.05, 0) is 24.7 Å². The molecule has 0 saturated heterocycles. The van der Waals surface area contributed by atoms with E-state index in [1.807, 2.05) is 33.8 Å². The molecule has 0 bridgehead atoms. The molecule has 0 amide bonds. The molecule has 0 aromatic heterocycles. The number of carbonyl (C=O) groups excluding carboxylic acids is 1. The summed E-state index contributed by atoms with van der Waals surface area (Å²) in [6, 6.07) is 0. The molecular weight excluding hydrogens is 266 g/mol. The Labute approximate surface area is 129 Å². The lowest BCUT2D eigenvalue weighted by Crippen LogP contribution is -2.30. The van der Waals surface area contributed by atoms with Gasteiger partial charge >= 0.3 is 6.16 Å². The van der Waals surface area contributed by atoms with Crippen LogP contribution in [0.3, 0.4) is 0 Å². The molecule has 122 valence electrons. The zero-order chi connectivity index (χ0) is 16.1. The van der Waals surface area contributed by atoms with E-state index in [0.717, 1.165) is 12.8 Å². The van der Waals surface area contributed by atoms with Crippen molar-refractivity contribution >= 4 is 6.16 Å². The summed E-state index contributed by atoms with van der Waals surface area (Å²) in [5.41, 5.74) is 0. The molecule has 0 atom stereocenters. The molecular formula is C17H31NO3. The van der Waals surface area contributed by atoms with Crippen LogP contribution in [0.25, 0.3) is 0 Å². The maximum Gasteiger partial charge on any atom is 0.509 e. The fraction of sp³-hybridized carbons (Fsp3) is 0.706. The number of allylic oxidation sites excluding steroid dienone is 3. The molecule has 0 unspecified atom stereocenters. The van der Waals surface area contributed by atoms with Gasteiger partial charge in [0.15, 0.2) is 0 Å². The van der Waals surface area contributed by atoms with Gasteiger partial charge in [0.1, 0.15) is 12.8 Å². The zero-order valence-corrected chi connectivity index (χ0v) is 14.1. The number of hydrogen-bond donors (Lipinski definition) is 1. The van der Waals surface area contributed by atoms with Gasteiger partial charge in [-0.15, -0.1) is 0 Å². The van der Waals surface area contributed by atoms with E-state index in [-0.39, 0.29) is 24.7 Å². The van der Waals surface area contributed by atoms with Gasteiger partial charge in [-0.2, -0.15) is 0 Å². The van der Waals surface area contributed by atoms with Gasteiger partial charge in [-0.3, -0.25) is 5.32 Å². The lowest BCUT2D eigenvalue weighted by Gasteiger charge is -2.24. The van der Waals surface area contributed by atoms with E-state index in [0.29, 0.717) is 6.54 Å². The van der Waals surface area contributed by atoms with Gasteiger partial charge in [0.2, 0.25) is 0 Å². The Balaban J connectivity index is 3.73. The quantitative estimate of drug-likeness (QED) is 0.283. The average Bonchev–Trinajstić information content (AvgIpc) is 2.42. The molecule has 0 aliphatic rings. The predicted octanol–water partition coefficient (Wildman–Crippen LogP) is 4.28. The number of carbonyl (C=O) groups is 1. The van der Waals surface area contributed by atoms with Gasteiger partial charge in [0, 0.05) is 6.54 Å². The van der Waals surface area contributed by atoms with Crippen LogP contribution < -0.4 is 5.32 Å². The summed E-state index contributed by atoms with van der Waals surface area (Å²) in [4.78, 5) is 11.6. The highest BCUT2D eigenvalue weighted by atomic mass is 16.7. The third kappa shape index (κ3) is 11.1. The van der Waals surface area contributed by atoms with Crippen molar-refractivity contribution in [2.45, 2.75) is 53.6 Å². The van der Waals surface area contributed by atoms with Crippen molar-refractivity contribution < 1.29 is 14.3 Å². The highest BCUT2D eigenvalue weighted by Crippen LogP contribution is 2.16. The minimum absolute atomic E-state index is 0.109. The summed E-state index contributed by atoms with van der Waals surface area (Å²) < 4.78 is 10.3. The highest BCUT2D eigenvalue weighted by molar-refractivity contribution is 5.60. The van der Waals surface area contributed by atoms with E-state index in [1.54, 1.807) is 0 Å². The van der Waals surface area contributed by atoms with E-state index >= 15 is 0 Å². The number of hydrogen-bond acceptors (Lipinski definition) is 4. The predicted molar refractivity (Wildman–Crippen MR) is 87.1 cm³/mol. The van der Waals surface area contributed by atoms with Crippen LogP contribution in [0.15, 0.2) is 24.3 Å². The molecule has 0 radical (unpaired) electrons. The van der Waals surface area contributed by atoms with E-state index in [9.17, 15) is 4.79 Å². The first-order valence-corrected chi connectivity index (χ1v) is 7.83. The minimum Gasteiger partial charge on any atom is -0.430 e. The molecule has 0 heterocycles. The van der Waals surface area contributed by atoms with Crippen molar-refractivity contribution in [3.05, 3.63) is 24.3 Å². The number of rotatable bonds is 10. The third-order valence-electron chi connectivity index (χ3n) is 2.94. The van der Waals surface area contributed by atoms with Crippen LogP contribution in [0.1, 0.15) is 47.5 Å². The standard InChI is InChI=1S/C17H31NO3/c1-6-7-8-9-10-11-12-18-13-20-17(19)21-16(14(2)3)15(4)5/h7-8,10-11,14-16,18H,6,9,12-13H2,1-5H3/b8-7-,11-10-. The first-order valence-electron chi connectivity index (χ1n) is 7.83. The Bertz CT molecular complexity index is 314. The fourth-order valence-corrected chi connectivity index (χ4v) is 1.96.